The molecule has 0 aromatic heterocycles. The molecule has 12 heteroatoms. The van der Waals surface area contributed by atoms with Gasteiger partial charge >= 0.3 is 11.9 Å². The van der Waals surface area contributed by atoms with Crippen molar-refractivity contribution in [2.45, 2.75) is 19.6 Å². The molecule has 0 fully saturated rings. The summed E-state index contributed by atoms with van der Waals surface area (Å²) in [6.45, 7) is 0. The summed E-state index contributed by atoms with van der Waals surface area (Å²) in [4.78, 5) is 21.9. The third kappa shape index (κ3) is 6.34. The van der Waals surface area contributed by atoms with Crippen LogP contribution in [0.5, 0.6) is 23.0 Å². The Kier molecular flexibility index (Phi) is 8.44. The Morgan fingerprint density at radius 2 is 0.708 bits per heavy atom. The van der Waals surface area contributed by atoms with Crippen molar-refractivity contribution in [2.75, 3.05) is 0 Å². The van der Waals surface area contributed by atoms with Crippen molar-refractivity contribution >= 4 is 42.4 Å². The Hall–Kier alpha value is -5.98. The van der Waals surface area contributed by atoms with E-state index in [1.807, 2.05) is 0 Å². The quantitative estimate of drug-likeness (QED) is 0.148. The summed E-state index contributed by atoms with van der Waals surface area (Å²) in [6.07, 6.45) is 0. The fraction of sp³-hybridized carbons (Fsp3) is 0. The summed E-state index contributed by atoms with van der Waals surface area (Å²) >= 11 is 0. The van der Waals surface area contributed by atoms with Gasteiger partial charge in [-0.15, -0.1) is 0 Å². The number of carboxylic acids is 2. The summed E-state index contributed by atoms with van der Waals surface area (Å²) in [5.41, 5.74) is 0.197. The van der Waals surface area contributed by atoms with Gasteiger partial charge in [0.1, 0.15) is 23.0 Å². The van der Waals surface area contributed by atoms with E-state index >= 15 is 0 Å². The lowest BCUT2D eigenvalue weighted by Gasteiger charge is -2.13. The first-order chi connectivity index (χ1) is 22.9. The number of hydrogen-bond acceptors (Lipinski definition) is 8. The molecule has 0 saturated carbocycles. The van der Waals surface area contributed by atoms with Gasteiger partial charge < -0.3 is 19.7 Å². The average molecular weight is 681 g/mol. The van der Waals surface area contributed by atoms with Crippen molar-refractivity contribution in [3.8, 4) is 23.0 Å². The van der Waals surface area contributed by atoms with E-state index in [-0.39, 0.29) is 41.5 Å². The Bertz CT molecular complexity index is 2210. The van der Waals surface area contributed by atoms with Gasteiger partial charge in [-0.05, 0) is 109 Å². The van der Waals surface area contributed by atoms with E-state index < -0.39 is 31.6 Å². The number of benzene rings is 6. The highest BCUT2D eigenvalue weighted by Crippen LogP contribution is 2.35. The van der Waals surface area contributed by atoms with Crippen LogP contribution in [0.2, 0.25) is 0 Å². The largest absolute Gasteiger partial charge is 0.478 e. The predicted molar refractivity (Wildman–Crippen MR) is 175 cm³/mol. The van der Waals surface area contributed by atoms with Gasteiger partial charge in [-0.2, -0.15) is 0 Å². The first-order valence-electron chi connectivity index (χ1n) is 14.2. The summed E-state index contributed by atoms with van der Waals surface area (Å²) in [6, 6.07) is 31.8. The smallest absolute Gasteiger partial charge is 0.335 e. The van der Waals surface area contributed by atoms with Crippen molar-refractivity contribution in [3.63, 3.8) is 0 Å². The third-order valence-corrected chi connectivity index (χ3v) is 11.0. The first kappa shape index (κ1) is 32.0. The first-order valence-corrected chi connectivity index (χ1v) is 17.1. The summed E-state index contributed by atoms with van der Waals surface area (Å²) < 4.78 is 66.6. The predicted octanol–water partition coefficient (Wildman–Crippen LogP) is 7.49. The zero-order chi connectivity index (χ0) is 34.1. The SMILES string of the molecule is O=C(O)c1ccc(Oc2ccc(S(=O)(=O)c3cccc4c(S(=O)(=O)c5ccc(Oc6ccc(C(=O)O)cc6)cc5)cccc34)cc2)cc1. The van der Waals surface area contributed by atoms with Gasteiger partial charge in [0.25, 0.3) is 0 Å². The molecule has 0 aliphatic carbocycles. The minimum absolute atomic E-state index is 0.0370. The molecule has 10 nitrogen and oxygen atoms in total. The van der Waals surface area contributed by atoms with Crippen molar-refractivity contribution in [1.82, 2.24) is 0 Å². The number of rotatable bonds is 10. The zero-order valence-electron chi connectivity index (χ0n) is 24.7. The van der Waals surface area contributed by atoms with Gasteiger partial charge in [0.05, 0.1) is 30.7 Å². The van der Waals surface area contributed by atoms with Crippen LogP contribution in [-0.2, 0) is 19.7 Å². The summed E-state index contributed by atoms with van der Waals surface area (Å²) in [7, 11) is -8.21. The monoisotopic (exact) mass is 680 g/mol. The third-order valence-electron chi connectivity index (χ3n) is 7.36. The molecule has 6 aromatic rings. The zero-order valence-corrected chi connectivity index (χ0v) is 26.3. The van der Waals surface area contributed by atoms with Crippen molar-refractivity contribution < 1.29 is 46.1 Å². The number of carboxylic acid groups (broad SMARTS) is 2. The molecule has 0 bridgehead atoms. The van der Waals surface area contributed by atoms with Crippen molar-refractivity contribution in [2.24, 2.45) is 0 Å². The van der Waals surface area contributed by atoms with Crippen molar-refractivity contribution in [1.29, 1.82) is 0 Å². The second-order valence-corrected chi connectivity index (χ2v) is 14.3. The molecular weight excluding hydrogens is 657 g/mol. The molecule has 48 heavy (non-hydrogen) atoms. The maximum absolute atomic E-state index is 13.8. The van der Waals surface area contributed by atoms with Crippen LogP contribution in [0.3, 0.4) is 0 Å². The van der Waals surface area contributed by atoms with Gasteiger partial charge in [0.15, 0.2) is 0 Å². The highest BCUT2D eigenvalue weighted by molar-refractivity contribution is 7.92. The fourth-order valence-corrected chi connectivity index (χ4v) is 7.90. The van der Waals surface area contributed by atoms with Gasteiger partial charge in [0, 0.05) is 10.8 Å². The highest BCUT2D eigenvalue weighted by Gasteiger charge is 2.25. The number of aromatic carboxylic acids is 2. The van der Waals surface area contributed by atoms with Crippen LogP contribution < -0.4 is 9.47 Å². The number of hydrogen-bond donors (Lipinski definition) is 2. The van der Waals surface area contributed by atoms with Gasteiger partial charge in [0.2, 0.25) is 19.7 Å². The molecule has 0 saturated heterocycles. The Morgan fingerprint density at radius 1 is 0.417 bits per heavy atom. The second kappa shape index (κ2) is 12.7. The lowest BCUT2D eigenvalue weighted by Crippen LogP contribution is -2.06. The van der Waals surface area contributed by atoms with Gasteiger partial charge in [-0.25, -0.2) is 26.4 Å². The van der Waals surface area contributed by atoms with Crippen LogP contribution in [0.15, 0.2) is 153 Å². The maximum Gasteiger partial charge on any atom is 0.335 e. The standard InChI is InChI=1S/C36H24O10S2/c37-35(38)23-7-11-25(12-8-23)45-27-15-19-29(20-16-27)47(41,42)33-5-1-3-31-32(33)4-2-6-34(31)48(43,44)30-21-17-28(18-22-30)46-26-13-9-24(10-14-26)36(39)40/h1-22H,(H,37,38)(H,39,40). The molecule has 0 aliphatic rings. The molecule has 0 aliphatic heterocycles. The molecule has 240 valence electrons. The van der Waals surface area contributed by atoms with Crippen LogP contribution in [-0.4, -0.2) is 39.0 Å². The van der Waals surface area contributed by atoms with Gasteiger partial charge in [-0.3, -0.25) is 0 Å². The molecule has 0 heterocycles. The maximum atomic E-state index is 13.8. The molecule has 0 amide bonds. The van der Waals surface area contributed by atoms with E-state index in [0.717, 1.165) is 0 Å². The van der Waals surface area contributed by atoms with E-state index in [0.29, 0.717) is 23.0 Å². The number of ether oxygens (including phenoxy) is 2. The summed E-state index contributed by atoms with van der Waals surface area (Å²) in [5.74, 6) is -0.745. The minimum atomic E-state index is -4.10. The average Bonchev–Trinajstić information content (AvgIpc) is 3.08. The van der Waals surface area contributed by atoms with E-state index in [1.165, 1.54) is 121 Å². The van der Waals surface area contributed by atoms with E-state index in [1.54, 1.807) is 12.1 Å². The highest BCUT2D eigenvalue weighted by atomic mass is 32.2. The summed E-state index contributed by atoms with van der Waals surface area (Å²) in [5, 5.41) is 18.6. The number of sulfone groups is 2. The Balaban J connectivity index is 1.26. The van der Waals surface area contributed by atoms with E-state index in [4.69, 9.17) is 19.7 Å². The Labute approximate surface area is 274 Å². The fourth-order valence-electron chi connectivity index (χ4n) is 4.95. The molecule has 6 aromatic carbocycles. The lowest BCUT2D eigenvalue weighted by molar-refractivity contribution is 0.0686. The topological polar surface area (TPSA) is 161 Å². The molecule has 0 unspecified atom stereocenters. The van der Waals surface area contributed by atoms with Crippen molar-refractivity contribution in [3.05, 3.63) is 145 Å². The Morgan fingerprint density at radius 3 is 1.00 bits per heavy atom. The van der Waals surface area contributed by atoms with Crippen LogP contribution >= 0.6 is 0 Å². The molecule has 0 spiro atoms. The van der Waals surface area contributed by atoms with Crippen LogP contribution in [0, 0.1) is 0 Å². The lowest BCUT2D eigenvalue weighted by atomic mass is 10.1. The van der Waals surface area contributed by atoms with E-state index in [9.17, 15) is 26.4 Å². The molecule has 2 N–H and O–H groups in total. The molecule has 6 rings (SSSR count). The molecule has 0 radical (unpaired) electrons. The minimum Gasteiger partial charge on any atom is -0.478 e. The molecule has 0 atom stereocenters. The van der Waals surface area contributed by atoms with Crippen LogP contribution in [0.1, 0.15) is 20.7 Å². The second-order valence-electron chi connectivity index (χ2n) is 10.4. The number of carbonyl (C=O) groups is 2. The van der Waals surface area contributed by atoms with Gasteiger partial charge in [-0.1, -0.05) is 24.3 Å². The number of fused-ring (bicyclic) bond motifs is 1. The van der Waals surface area contributed by atoms with E-state index in [2.05, 4.69) is 0 Å². The normalized spacial score (nSPS) is 11.6. The van der Waals surface area contributed by atoms with Crippen LogP contribution in [0.25, 0.3) is 10.8 Å². The molecular formula is C36H24O10S2. The van der Waals surface area contributed by atoms with Crippen LogP contribution in [0.4, 0.5) is 0 Å².